The number of carboxylic acid groups (broad SMARTS) is 1. The molecule has 2 heterocycles. The Morgan fingerprint density at radius 3 is 2.34 bits per heavy atom. The van der Waals surface area contributed by atoms with Gasteiger partial charge in [-0.05, 0) is 60.0 Å². The average Bonchev–Trinajstić information content (AvgIpc) is 3.30. The number of carbonyl (C=O) groups excluding carboxylic acids is 1. The van der Waals surface area contributed by atoms with Crippen molar-refractivity contribution in [2.45, 2.75) is 31.5 Å². The van der Waals surface area contributed by atoms with Gasteiger partial charge in [-0.3, -0.25) is 13.9 Å². The number of aromatic nitrogens is 1. The van der Waals surface area contributed by atoms with Crippen LogP contribution in [0, 0.1) is 0 Å². The number of aliphatic carboxylic acids is 1. The lowest BCUT2D eigenvalue weighted by molar-refractivity contribution is -0.139. The summed E-state index contributed by atoms with van der Waals surface area (Å²) in [6, 6.07) is 20.2. The van der Waals surface area contributed by atoms with Crippen molar-refractivity contribution in [2.24, 2.45) is 0 Å². The highest BCUT2D eigenvalue weighted by atomic mass is 35.5. The quantitative estimate of drug-likeness (QED) is 0.151. The van der Waals surface area contributed by atoms with Crippen molar-refractivity contribution in [3.63, 3.8) is 0 Å². The maximum Gasteiger partial charge on any atom is 0.326 e. The van der Waals surface area contributed by atoms with Gasteiger partial charge in [0.15, 0.2) is 0 Å². The zero-order chi connectivity index (χ0) is 29.1. The fourth-order valence-corrected chi connectivity index (χ4v) is 7.23. The molecule has 1 aliphatic heterocycles. The average molecular weight is 615 g/mol. The molecule has 8 nitrogen and oxygen atoms in total. The standard InChI is InChI=1S/C30H29Cl2N3O5S/c31-23-2-1-3-24(32)28(23)26-11-9-21-14-19(6-10-25(21)34-26)15-27(30(37)38)35-29(36)20-7-4-18(5-8-20)16-33-22-12-13-41(39,40)17-22/h1-11,14,22,27,33,39-40H,12-13,15-17H2,(H,35,36)(H,37,38)/t22?,27-/m0/s1. The first-order valence-corrected chi connectivity index (χ1v) is 15.7. The van der Waals surface area contributed by atoms with E-state index >= 15 is 0 Å². The Labute approximate surface area is 249 Å². The minimum atomic E-state index is -2.46. The molecule has 1 aliphatic rings. The molecule has 41 heavy (non-hydrogen) atoms. The number of pyridine rings is 1. The third-order valence-corrected chi connectivity index (χ3v) is 9.54. The number of fused-ring (bicyclic) bond motifs is 1. The van der Waals surface area contributed by atoms with Crippen LogP contribution in [0.25, 0.3) is 22.2 Å². The molecule has 0 spiro atoms. The minimum Gasteiger partial charge on any atom is -0.480 e. The van der Waals surface area contributed by atoms with Gasteiger partial charge in [0.2, 0.25) is 0 Å². The summed E-state index contributed by atoms with van der Waals surface area (Å²) in [5, 5.41) is 17.6. The summed E-state index contributed by atoms with van der Waals surface area (Å²) in [7, 11) is -2.46. The second-order valence-corrected chi connectivity index (χ2v) is 13.3. The van der Waals surface area contributed by atoms with E-state index in [1.54, 1.807) is 54.6 Å². The van der Waals surface area contributed by atoms with E-state index in [-0.39, 0.29) is 12.5 Å². The molecule has 1 unspecified atom stereocenters. The van der Waals surface area contributed by atoms with E-state index in [2.05, 4.69) is 15.6 Å². The number of hydrogen-bond donors (Lipinski definition) is 5. The van der Waals surface area contributed by atoms with Crippen molar-refractivity contribution in [3.8, 4) is 11.3 Å². The lowest BCUT2D eigenvalue weighted by Crippen LogP contribution is -2.42. The summed E-state index contributed by atoms with van der Waals surface area (Å²) in [6.07, 6.45) is 0.809. The van der Waals surface area contributed by atoms with Crippen LogP contribution >= 0.6 is 33.8 Å². The summed E-state index contributed by atoms with van der Waals surface area (Å²) >= 11 is 12.7. The third-order valence-electron chi connectivity index (χ3n) is 7.09. The Hall–Kier alpha value is -3.18. The molecule has 0 saturated carbocycles. The molecular formula is C30H29Cl2N3O5S. The Kier molecular flexibility index (Phi) is 8.84. The van der Waals surface area contributed by atoms with Gasteiger partial charge in [0.25, 0.3) is 5.91 Å². The summed E-state index contributed by atoms with van der Waals surface area (Å²) in [5.74, 6) is -0.838. The molecule has 5 rings (SSSR count). The van der Waals surface area contributed by atoms with E-state index in [1.807, 2.05) is 18.2 Å². The molecule has 4 aromatic rings. The van der Waals surface area contributed by atoms with Crippen molar-refractivity contribution in [3.05, 3.63) is 99.5 Å². The third kappa shape index (κ3) is 7.19. The molecule has 2 atom stereocenters. The van der Waals surface area contributed by atoms with Gasteiger partial charge < -0.3 is 15.7 Å². The number of nitrogens with one attached hydrogen (secondary N) is 2. The molecule has 5 N–H and O–H groups in total. The number of rotatable bonds is 9. The molecule has 0 bridgehead atoms. The maximum atomic E-state index is 12.9. The molecule has 1 aromatic heterocycles. The number of halogens is 2. The topological polar surface area (TPSA) is 132 Å². The van der Waals surface area contributed by atoms with Crippen molar-refractivity contribution < 1.29 is 23.8 Å². The van der Waals surface area contributed by atoms with E-state index in [0.717, 1.165) is 16.5 Å². The van der Waals surface area contributed by atoms with E-state index in [1.165, 1.54) is 0 Å². The second kappa shape index (κ2) is 12.4. The van der Waals surface area contributed by atoms with E-state index in [0.29, 0.717) is 56.9 Å². The summed E-state index contributed by atoms with van der Waals surface area (Å²) in [6.45, 7) is 0.531. The van der Waals surface area contributed by atoms with Crippen LogP contribution in [0.4, 0.5) is 0 Å². The number of carboxylic acids is 1. The summed E-state index contributed by atoms with van der Waals surface area (Å²) in [5.41, 5.74) is 4.01. The first kappa shape index (κ1) is 29.3. The number of benzene rings is 3. The van der Waals surface area contributed by atoms with E-state index < -0.39 is 28.5 Å². The number of amides is 1. The first-order chi connectivity index (χ1) is 19.6. The van der Waals surface area contributed by atoms with Crippen LogP contribution in [0.15, 0.2) is 72.8 Å². The van der Waals surface area contributed by atoms with Crippen LogP contribution in [-0.2, 0) is 17.8 Å². The molecule has 11 heteroatoms. The monoisotopic (exact) mass is 613 g/mol. The van der Waals surface area contributed by atoms with E-state index in [4.69, 9.17) is 23.2 Å². The molecular weight excluding hydrogens is 585 g/mol. The molecule has 214 valence electrons. The zero-order valence-electron chi connectivity index (χ0n) is 21.9. The van der Waals surface area contributed by atoms with Crippen LogP contribution in [0.2, 0.25) is 10.0 Å². The van der Waals surface area contributed by atoms with Gasteiger partial charge in [-0.25, -0.2) is 9.78 Å². The van der Waals surface area contributed by atoms with Crippen LogP contribution < -0.4 is 10.6 Å². The summed E-state index contributed by atoms with van der Waals surface area (Å²) < 4.78 is 19.6. The molecule has 3 aromatic carbocycles. The number of carbonyl (C=O) groups is 2. The molecule has 0 aliphatic carbocycles. The van der Waals surface area contributed by atoms with Gasteiger partial charge in [-0.15, -0.1) is 0 Å². The molecule has 1 amide bonds. The van der Waals surface area contributed by atoms with Crippen molar-refractivity contribution in [2.75, 3.05) is 11.5 Å². The highest BCUT2D eigenvalue weighted by Gasteiger charge is 2.27. The fourth-order valence-electron chi connectivity index (χ4n) is 4.88. The minimum absolute atomic E-state index is 0.0492. The van der Waals surface area contributed by atoms with Crippen molar-refractivity contribution >= 4 is 56.6 Å². The van der Waals surface area contributed by atoms with Crippen molar-refractivity contribution in [1.82, 2.24) is 15.6 Å². The van der Waals surface area contributed by atoms with Crippen molar-refractivity contribution in [1.29, 1.82) is 0 Å². The molecule has 1 saturated heterocycles. The van der Waals surface area contributed by atoms with Gasteiger partial charge >= 0.3 is 5.97 Å². The SMILES string of the molecule is O=C(N[C@@H](Cc1ccc2nc(-c3c(Cl)cccc3Cl)ccc2c1)C(=O)O)c1ccc(CNC2CCS(O)(O)C2)cc1. The second-order valence-electron chi connectivity index (χ2n) is 10.1. The number of hydrogen-bond acceptors (Lipinski definition) is 6. The highest BCUT2D eigenvalue weighted by molar-refractivity contribution is 8.24. The highest BCUT2D eigenvalue weighted by Crippen LogP contribution is 2.45. The summed E-state index contributed by atoms with van der Waals surface area (Å²) in [4.78, 5) is 29.6. The van der Waals surface area contributed by atoms with Gasteiger partial charge in [-0.1, -0.05) is 53.5 Å². The smallest absolute Gasteiger partial charge is 0.326 e. The normalized spacial score (nSPS) is 17.7. The predicted octanol–water partition coefficient (Wildman–Crippen LogP) is 6.25. The van der Waals surface area contributed by atoms with Gasteiger partial charge in [0.05, 0.1) is 27.0 Å². The fraction of sp³-hybridized carbons (Fsp3) is 0.233. The first-order valence-electron chi connectivity index (χ1n) is 13.0. The Bertz CT molecular complexity index is 1580. The molecule has 1 fully saturated rings. The lowest BCUT2D eigenvalue weighted by atomic mass is 10.0. The predicted molar refractivity (Wildman–Crippen MR) is 164 cm³/mol. The van der Waals surface area contributed by atoms with Crippen LogP contribution in [0.5, 0.6) is 0 Å². The number of nitrogens with zero attached hydrogens (tertiary/aromatic N) is 1. The van der Waals surface area contributed by atoms with Gasteiger partial charge in [-0.2, -0.15) is 10.6 Å². The molecule has 0 radical (unpaired) electrons. The van der Waals surface area contributed by atoms with E-state index in [9.17, 15) is 23.8 Å². The largest absolute Gasteiger partial charge is 0.480 e. The Morgan fingerprint density at radius 1 is 0.976 bits per heavy atom. The van der Waals surface area contributed by atoms with Crippen LogP contribution in [-0.4, -0.2) is 54.7 Å². The lowest BCUT2D eigenvalue weighted by Gasteiger charge is -2.26. The van der Waals surface area contributed by atoms with Crippen LogP contribution in [0.3, 0.4) is 0 Å². The Balaban J connectivity index is 1.23. The maximum absolute atomic E-state index is 12.9. The van der Waals surface area contributed by atoms with Gasteiger partial charge in [0.1, 0.15) is 6.04 Å². The Morgan fingerprint density at radius 2 is 1.68 bits per heavy atom. The zero-order valence-corrected chi connectivity index (χ0v) is 24.2. The van der Waals surface area contributed by atoms with Gasteiger partial charge in [0, 0.05) is 41.3 Å². The van der Waals surface area contributed by atoms with Crippen LogP contribution in [0.1, 0.15) is 27.9 Å².